The predicted molar refractivity (Wildman–Crippen MR) is 70.3 cm³/mol. The molecular weight excluding hydrogens is 248 g/mol. The van der Waals surface area contributed by atoms with Crippen LogP contribution in [0, 0.1) is 0 Å². The van der Waals surface area contributed by atoms with E-state index in [1.54, 1.807) is 6.07 Å². The topological polar surface area (TPSA) is 49.4 Å². The summed E-state index contributed by atoms with van der Waals surface area (Å²) in [6, 6.07) is 5.82. The summed E-state index contributed by atoms with van der Waals surface area (Å²) in [6.45, 7) is 5.14. The smallest absolute Gasteiger partial charge is 0.178 e. The summed E-state index contributed by atoms with van der Waals surface area (Å²) < 4.78 is 23.5. The van der Waals surface area contributed by atoms with E-state index < -0.39 is 9.84 Å². The van der Waals surface area contributed by atoms with Gasteiger partial charge in [-0.25, -0.2) is 8.42 Å². The molecule has 0 saturated carbocycles. The van der Waals surface area contributed by atoms with Gasteiger partial charge < -0.3 is 5.32 Å². The number of benzene rings is 1. The fraction of sp³-hybridized carbons (Fsp3) is 0.538. The molecule has 0 bridgehead atoms. The molecule has 0 amide bonds. The van der Waals surface area contributed by atoms with Crippen LogP contribution in [-0.2, 0) is 22.8 Å². The van der Waals surface area contributed by atoms with E-state index in [1.807, 2.05) is 6.07 Å². The molecule has 98 valence electrons. The first-order valence-corrected chi connectivity index (χ1v) is 8.08. The lowest BCUT2D eigenvalue weighted by Gasteiger charge is -2.27. The summed E-state index contributed by atoms with van der Waals surface area (Å²) in [5.41, 5.74) is 2.23. The van der Waals surface area contributed by atoms with Gasteiger partial charge >= 0.3 is 0 Å². The molecular formula is C13H18N2O2S. The molecule has 0 unspecified atom stereocenters. The SMILES string of the molecule is O=S1(=O)CCc2cc(CN3CCNCC3)ccc21. The molecule has 2 heterocycles. The monoisotopic (exact) mass is 266 g/mol. The Morgan fingerprint density at radius 1 is 1.22 bits per heavy atom. The molecule has 2 aliphatic heterocycles. The van der Waals surface area contributed by atoms with E-state index in [2.05, 4.69) is 16.3 Å². The van der Waals surface area contributed by atoms with Crippen molar-refractivity contribution in [2.45, 2.75) is 17.9 Å². The second-order valence-electron chi connectivity index (χ2n) is 5.04. The van der Waals surface area contributed by atoms with Crippen LogP contribution in [0.3, 0.4) is 0 Å². The van der Waals surface area contributed by atoms with E-state index in [0.29, 0.717) is 11.3 Å². The molecule has 1 aromatic rings. The highest BCUT2D eigenvalue weighted by Crippen LogP contribution is 2.27. The molecule has 0 atom stereocenters. The van der Waals surface area contributed by atoms with E-state index in [0.717, 1.165) is 38.3 Å². The zero-order valence-corrected chi connectivity index (χ0v) is 11.2. The fourth-order valence-corrected chi connectivity index (χ4v) is 4.26. The Labute approximate surface area is 108 Å². The predicted octanol–water partition coefficient (Wildman–Crippen LogP) is 0.422. The average molecular weight is 266 g/mol. The van der Waals surface area contributed by atoms with Crippen LogP contribution in [0.4, 0.5) is 0 Å². The Kier molecular flexibility index (Phi) is 3.13. The zero-order chi connectivity index (χ0) is 12.6. The van der Waals surface area contributed by atoms with Gasteiger partial charge in [0.1, 0.15) is 0 Å². The van der Waals surface area contributed by atoms with Gasteiger partial charge in [0, 0.05) is 32.7 Å². The number of aryl methyl sites for hydroxylation is 1. The lowest BCUT2D eigenvalue weighted by Crippen LogP contribution is -2.42. The number of nitrogens with zero attached hydrogens (tertiary/aromatic N) is 1. The standard InChI is InChI=1S/C13H18N2O2S/c16-18(17)8-3-12-9-11(1-2-13(12)18)10-15-6-4-14-5-7-15/h1-2,9,14H,3-8,10H2. The third kappa shape index (κ3) is 2.30. The average Bonchev–Trinajstić information content (AvgIpc) is 2.66. The van der Waals surface area contributed by atoms with Crippen LogP contribution in [0.5, 0.6) is 0 Å². The Morgan fingerprint density at radius 2 is 2.00 bits per heavy atom. The Hall–Kier alpha value is -0.910. The van der Waals surface area contributed by atoms with Crippen molar-refractivity contribution < 1.29 is 8.42 Å². The number of rotatable bonds is 2. The number of hydrogen-bond acceptors (Lipinski definition) is 4. The molecule has 18 heavy (non-hydrogen) atoms. The van der Waals surface area contributed by atoms with Gasteiger partial charge in [-0.3, -0.25) is 4.90 Å². The van der Waals surface area contributed by atoms with E-state index >= 15 is 0 Å². The third-order valence-corrected chi connectivity index (χ3v) is 5.53. The van der Waals surface area contributed by atoms with Crippen molar-refractivity contribution in [1.29, 1.82) is 0 Å². The van der Waals surface area contributed by atoms with Crippen molar-refractivity contribution in [2.75, 3.05) is 31.9 Å². The molecule has 0 aromatic heterocycles. The maximum atomic E-state index is 11.7. The molecule has 2 aliphatic rings. The first kappa shape index (κ1) is 12.1. The van der Waals surface area contributed by atoms with Crippen molar-refractivity contribution in [2.24, 2.45) is 0 Å². The molecule has 0 aliphatic carbocycles. The van der Waals surface area contributed by atoms with Crippen LogP contribution >= 0.6 is 0 Å². The van der Waals surface area contributed by atoms with Gasteiger partial charge in [0.05, 0.1) is 10.6 Å². The van der Waals surface area contributed by atoms with Gasteiger partial charge in [-0.15, -0.1) is 0 Å². The van der Waals surface area contributed by atoms with Crippen molar-refractivity contribution in [1.82, 2.24) is 10.2 Å². The quantitative estimate of drug-likeness (QED) is 0.843. The Bertz CT molecular complexity index is 548. The number of piperazine rings is 1. The molecule has 1 N–H and O–H groups in total. The molecule has 4 nitrogen and oxygen atoms in total. The first-order valence-electron chi connectivity index (χ1n) is 6.43. The lowest BCUT2D eigenvalue weighted by atomic mass is 10.1. The molecule has 0 spiro atoms. The van der Waals surface area contributed by atoms with E-state index in [4.69, 9.17) is 0 Å². The first-order chi connectivity index (χ1) is 8.65. The Morgan fingerprint density at radius 3 is 2.78 bits per heavy atom. The normalized spacial score (nSPS) is 22.9. The summed E-state index contributed by atoms with van der Waals surface area (Å²) >= 11 is 0. The number of fused-ring (bicyclic) bond motifs is 1. The molecule has 3 rings (SSSR count). The maximum absolute atomic E-state index is 11.7. The highest BCUT2D eigenvalue weighted by Gasteiger charge is 2.26. The number of hydrogen-bond donors (Lipinski definition) is 1. The second kappa shape index (κ2) is 4.64. The summed E-state index contributed by atoms with van der Waals surface area (Å²) in [5, 5.41) is 3.33. The largest absolute Gasteiger partial charge is 0.314 e. The molecule has 5 heteroatoms. The maximum Gasteiger partial charge on any atom is 0.178 e. The van der Waals surface area contributed by atoms with Crippen LogP contribution < -0.4 is 5.32 Å². The Balaban J connectivity index is 1.79. The fourth-order valence-electron chi connectivity index (χ4n) is 2.71. The molecule has 1 fully saturated rings. The van der Waals surface area contributed by atoms with Gasteiger partial charge in [0.15, 0.2) is 9.84 Å². The van der Waals surface area contributed by atoms with E-state index in [1.165, 1.54) is 5.56 Å². The summed E-state index contributed by atoms with van der Waals surface area (Å²) in [5.74, 6) is 0.277. The number of nitrogens with one attached hydrogen (secondary N) is 1. The van der Waals surface area contributed by atoms with Gasteiger partial charge in [-0.05, 0) is 23.6 Å². The minimum Gasteiger partial charge on any atom is -0.314 e. The van der Waals surface area contributed by atoms with Gasteiger partial charge in [0.2, 0.25) is 0 Å². The van der Waals surface area contributed by atoms with E-state index in [-0.39, 0.29) is 5.75 Å². The molecule has 1 aromatic carbocycles. The number of sulfone groups is 1. The minimum absolute atomic E-state index is 0.277. The van der Waals surface area contributed by atoms with Crippen molar-refractivity contribution in [3.05, 3.63) is 29.3 Å². The molecule has 1 saturated heterocycles. The lowest BCUT2D eigenvalue weighted by molar-refractivity contribution is 0.233. The van der Waals surface area contributed by atoms with Crippen molar-refractivity contribution in [3.63, 3.8) is 0 Å². The van der Waals surface area contributed by atoms with Gasteiger partial charge in [-0.1, -0.05) is 12.1 Å². The zero-order valence-electron chi connectivity index (χ0n) is 10.4. The van der Waals surface area contributed by atoms with E-state index in [9.17, 15) is 8.42 Å². The van der Waals surface area contributed by atoms with Gasteiger partial charge in [0.25, 0.3) is 0 Å². The molecule has 0 radical (unpaired) electrons. The van der Waals surface area contributed by atoms with Gasteiger partial charge in [-0.2, -0.15) is 0 Å². The summed E-state index contributed by atoms with van der Waals surface area (Å²) in [6.07, 6.45) is 0.674. The van der Waals surface area contributed by atoms with Crippen LogP contribution in [0.2, 0.25) is 0 Å². The van der Waals surface area contributed by atoms with Crippen LogP contribution in [-0.4, -0.2) is 45.2 Å². The second-order valence-corrected chi connectivity index (χ2v) is 7.11. The van der Waals surface area contributed by atoms with Crippen molar-refractivity contribution >= 4 is 9.84 Å². The summed E-state index contributed by atoms with van der Waals surface area (Å²) in [7, 11) is -2.98. The van der Waals surface area contributed by atoms with Crippen LogP contribution in [0.15, 0.2) is 23.1 Å². The summed E-state index contributed by atoms with van der Waals surface area (Å²) in [4.78, 5) is 2.95. The highest BCUT2D eigenvalue weighted by atomic mass is 32.2. The third-order valence-electron chi connectivity index (χ3n) is 3.72. The van der Waals surface area contributed by atoms with Crippen molar-refractivity contribution in [3.8, 4) is 0 Å². The minimum atomic E-state index is -2.98. The highest BCUT2D eigenvalue weighted by molar-refractivity contribution is 7.91. The van der Waals surface area contributed by atoms with Crippen LogP contribution in [0.1, 0.15) is 11.1 Å². The van der Waals surface area contributed by atoms with Crippen LogP contribution in [0.25, 0.3) is 0 Å².